The topological polar surface area (TPSA) is 66.4 Å². The summed E-state index contributed by atoms with van der Waals surface area (Å²) in [6.45, 7) is 6.90. The number of hydrogen-bond donors (Lipinski definition) is 1. The van der Waals surface area contributed by atoms with E-state index < -0.39 is 0 Å². The molecule has 0 saturated carbocycles. The maximum absolute atomic E-state index is 6.45. The van der Waals surface area contributed by atoms with Crippen LogP contribution in [-0.2, 0) is 19.4 Å². The number of ether oxygens (including phenoxy) is 1. The highest BCUT2D eigenvalue weighted by molar-refractivity contribution is 5.97. The third kappa shape index (κ3) is 4.48. The fourth-order valence-corrected chi connectivity index (χ4v) is 6.97. The van der Waals surface area contributed by atoms with Crippen molar-refractivity contribution in [2.75, 3.05) is 36.5 Å². The zero-order valence-electron chi connectivity index (χ0n) is 22.7. The Kier molecular flexibility index (Phi) is 6.31. The SMILES string of the molecule is CCc1cccc2cccc(N3CCc4c(nc(OCC56CCCN5CCC6)nc4Nc4cccnc4)C3)c12. The molecule has 4 aromatic rings. The van der Waals surface area contributed by atoms with E-state index in [1.165, 1.54) is 66.4 Å². The van der Waals surface area contributed by atoms with Gasteiger partial charge in [0, 0.05) is 29.4 Å². The first-order chi connectivity index (χ1) is 19.2. The van der Waals surface area contributed by atoms with Gasteiger partial charge in [-0.1, -0.05) is 37.3 Å². The average molecular weight is 521 g/mol. The van der Waals surface area contributed by atoms with Crippen molar-refractivity contribution < 1.29 is 4.74 Å². The van der Waals surface area contributed by atoms with Gasteiger partial charge in [-0.15, -0.1) is 0 Å². The van der Waals surface area contributed by atoms with E-state index >= 15 is 0 Å². The van der Waals surface area contributed by atoms with E-state index in [9.17, 15) is 0 Å². The van der Waals surface area contributed by atoms with Crippen LogP contribution in [0.5, 0.6) is 6.01 Å². The second kappa shape index (κ2) is 10.1. The number of fused-ring (bicyclic) bond motifs is 3. The number of hydrogen-bond acceptors (Lipinski definition) is 7. The maximum atomic E-state index is 6.45. The molecule has 1 N–H and O–H groups in total. The van der Waals surface area contributed by atoms with E-state index in [0.29, 0.717) is 12.6 Å². The lowest BCUT2D eigenvalue weighted by molar-refractivity contribution is 0.107. The first-order valence-corrected chi connectivity index (χ1v) is 14.4. The van der Waals surface area contributed by atoms with Crippen molar-refractivity contribution in [3.8, 4) is 6.01 Å². The van der Waals surface area contributed by atoms with Gasteiger partial charge in [0.1, 0.15) is 12.4 Å². The second-order valence-electron chi connectivity index (χ2n) is 11.2. The molecule has 7 nitrogen and oxygen atoms in total. The predicted octanol–water partition coefficient (Wildman–Crippen LogP) is 5.90. The summed E-state index contributed by atoms with van der Waals surface area (Å²) in [6, 6.07) is 17.7. The molecule has 39 heavy (non-hydrogen) atoms. The first-order valence-electron chi connectivity index (χ1n) is 14.4. The second-order valence-corrected chi connectivity index (χ2v) is 11.2. The molecule has 3 aliphatic rings. The van der Waals surface area contributed by atoms with Gasteiger partial charge in [0.15, 0.2) is 0 Å². The highest BCUT2D eigenvalue weighted by atomic mass is 16.5. The number of anilines is 3. The summed E-state index contributed by atoms with van der Waals surface area (Å²) in [5, 5.41) is 6.17. The molecule has 7 heteroatoms. The minimum absolute atomic E-state index is 0.155. The largest absolute Gasteiger partial charge is 0.461 e. The molecule has 2 aromatic heterocycles. The van der Waals surface area contributed by atoms with Gasteiger partial charge in [-0.2, -0.15) is 9.97 Å². The minimum Gasteiger partial charge on any atom is -0.461 e. The number of rotatable bonds is 7. The molecule has 0 unspecified atom stereocenters. The number of benzene rings is 2. The molecule has 0 aliphatic carbocycles. The summed E-state index contributed by atoms with van der Waals surface area (Å²) < 4.78 is 6.45. The molecule has 7 rings (SSSR count). The summed E-state index contributed by atoms with van der Waals surface area (Å²) in [7, 11) is 0. The van der Waals surface area contributed by atoms with Crippen LogP contribution in [0, 0.1) is 0 Å². The van der Waals surface area contributed by atoms with Crippen LogP contribution in [0.2, 0.25) is 0 Å². The minimum atomic E-state index is 0.155. The molecule has 0 spiro atoms. The van der Waals surface area contributed by atoms with Gasteiger partial charge in [-0.05, 0) is 80.8 Å². The van der Waals surface area contributed by atoms with Crippen LogP contribution in [0.4, 0.5) is 17.2 Å². The Morgan fingerprint density at radius 1 is 0.974 bits per heavy atom. The van der Waals surface area contributed by atoms with Crippen molar-refractivity contribution in [2.24, 2.45) is 0 Å². The monoisotopic (exact) mass is 520 g/mol. The van der Waals surface area contributed by atoms with Gasteiger partial charge in [0.25, 0.3) is 0 Å². The normalized spacial score (nSPS) is 18.2. The van der Waals surface area contributed by atoms with Gasteiger partial charge >= 0.3 is 6.01 Å². The molecule has 0 bridgehead atoms. The molecule has 200 valence electrons. The standard InChI is InChI=1S/C32H36N6O/c1-2-23-8-3-9-24-10-4-12-28(29(23)24)37-19-13-26-27(21-37)35-31(36-30(26)34-25-11-5-16-33-20-25)39-22-32-14-6-17-38(32)18-7-15-32/h3-5,8-12,16,20H,2,6-7,13-15,17-19,21-22H2,1H3,(H,34,35,36). The van der Waals surface area contributed by atoms with E-state index in [-0.39, 0.29) is 5.54 Å². The zero-order valence-corrected chi connectivity index (χ0v) is 22.7. The van der Waals surface area contributed by atoms with E-state index in [4.69, 9.17) is 14.7 Å². The number of nitrogens with one attached hydrogen (secondary N) is 1. The van der Waals surface area contributed by atoms with Gasteiger partial charge in [-0.25, -0.2) is 0 Å². The fourth-order valence-electron chi connectivity index (χ4n) is 6.97. The molecule has 2 aromatic carbocycles. The molecule has 2 fully saturated rings. The lowest BCUT2D eigenvalue weighted by Crippen LogP contribution is -2.43. The van der Waals surface area contributed by atoms with Crippen molar-refractivity contribution >= 4 is 28.0 Å². The lowest BCUT2D eigenvalue weighted by Gasteiger charge is -2.33. The summed E-state index contributed by atoms with van der Waals surface area (Å²) in [6.07, 6.45) is 10.4. The van der Waals surface area contributed by atoms with Crippen molar-refractivity contribution in [3.05, 3.63) is 77.7 Å². The van der Waals surface area contributed by atoms with Crippen LogP contribution in [0.3, 0.4) is 0 Å². The summed E-state index contributed by atoms with van der Waals surface area (Å²) in [5.74, 6) is 0.835. The fraction of sp³-hybridized carbons (Fsp3) is 0.406. The predicted molar refractivity (Wildman–Crippen MR) is 156 cm³/mol. The van der Waals surface area contributed by atoms with E-state index in [1.807, 2.05) is 18.3 Å². The van der Waals surface area contributed by atoms with Crippen LogP contribution in [0.1, 0.15) is 49.4 Å². The Morgan fingerprint density at radius 3 is 2.62 bits per heavy atom. The van der Waals surface area contributed by atoms with E-state index in [2.05, 4.69) is 63.4 Å². The summed E-state index contributed by atoms with van der Waals surface area (Å²) >= 11 is 0. The summed E-state index contributed by atoms with van der Waals surface area (Å²) in [4.78, 5) is 19.3. The Bertz CT molecular complexity index is 1470. The molecule has 2 saturated heterocycles. The van der Waals surface area contributed by atoms with Crippen molar-refractivity contribution in [1.82, 2.24) is 19.9 Å². The lowest BCUT2D eigenvalue weighted by atomic mass is 9.95. The Morgan fingerprint density at radius 2 is 1.82 bits per heavy atom. The van der Waals surface area contributed by atoms with Gasteiger partial charge < -0.3 is 15.0 Å². The third-order valence-corrected chi connectivity index (χ3v) is 8.94. The van der Waals surface area contributed by atoms with Crippen LogP contribution in [-0.4, -0.2) is 51.6 Å². The highest BCUT2D eigenvalue weighted by Crippen LogP contribution is 2.40. The van der Waals surface area contributed by atoms with Gasteiger partial charge in [0.2, 0.25) is 0 Å². The number of pyridine rings is 1. The first kappa shape index (κ1) is 24.3. The third-order valence-electron chi connectivity index (χ3n) is 8.94. The Hall–Kier alpha value is -3.71. The number of nitrogens with zero attached hydrogens (tertiary/aromatic N) is 5. The van der Waals surface area contributed by atoms with Crippen molar-refractivity contribution in [1.29, 1.82) is 0 Å². The van der Waals surface area contributed by atoms with Gasteiger partial charge in [0.05, 0.1) is 29.7 Å². The molecular weight excluding hydrogens is 484 g/mol. The molecule has 0 amide bonds. The summed E-state index contributed by atoms with van der Waals surface area (Å²) in [5.41, 5.74) is 5.95. The quantitative estimate of drug-likeness (QED) is 0.325. The number of aromatic nitrogens is 3. The van der Waals surface area contributed by atoms with Crippen LogP contribution >= 0.6 is 0 Å². The smallest absolute Gasteiger partial charge is 0.318 e. The van der Waals surface area contributed by atoms with Gasteiger partial charge in [-0.3, -0.25) is 9.88 Å². The molecule has 0 atom stereocenters. The molecular formula is C32H36N6O. The van der Waals surface area contributed by atoms with E-state index in [1.54, 1.807) is 6.20 Å². The van der Waals surface area contributed by atoms with Crippen LogP contribution in [0.15, 0.2) is 60.9 Å². The maximum Gasteiger partial charge on any atom is 0.318 e. The van der Waals surface area contributed by atoms with Crippen LogP contribution in [0.25, 0.3) is 10.8 Å². The van der Waals surface area contributed by atoms with Crippen molar-refractivity contribution in [3.63, 3.8) is 0 Å². The number of aryl methyl sites for hydroxylation is 1. The molecule has 3 aliphatic heterocycles. The molecule has 5 heterocycles. The van der Waals surface area contributed by atoms with E-state index in [0.717, 1.165) is 43.1 Å². The molecule has 0 radical (unpaired) electrons. The Balaban J connectivity index is 1.23. The Labute approximate surface area is 230 Å². The van der Waals surface area contributed by atoms with Crippen molar-refractivity contribution in [2.45, 2.75) is 57.5 Å². The highest BCUT2D eigenvalue weighted by Gasteiger charge is 2.45. The van der Waals surface area contributed by atoms with Crippen LogP contribution < -0.4 is 15.0 Å². The zero-order chi connectivity index (χ0) is 26.2. The average Bonchev–Trinajstić information content (AvgIpc) is 3.56.